The highest BCUT2D eigenvalue weighted by molar-refractivity contribution is 5.20. The van der Waals surface area contributed by atoms with Crippen LogP contribution in [0, 0.1) is 0 Å². The summed E-state index contributed by atoms with van der Waals surface area (Å²) in [5.74, 6) is 0.395. The van der Waals surface area contributed by atoms with E-state index >= 15 is 0 Å². The monoisotopic (exact) mass is 249 g/mol. The minimum absolute atomic E-state index is 0.251. The fourth-order valence-corrected chi connectivity index (χ4v) is 2.36. The van der Waals surface area contributed by atoms with E-state index < -0.39 is 0 Å². The SMILES string of the molecule is CCC(CC)NCC(CC(C)O)c1ccccc1. The van der Waals surface area contributed by atoms with E-state index in [0.717, 1.165) is 25.8 Å². The van der Waals surface area contributed by atoms with Gasteiger partial charge in [0, 0.05) is 12.6 Å². The molecule has 0 fully saturated rings. The Kier molecular flexibility index (Phi) is 6.99. The van der Waals surface area contributed by atoms with Crippen molar-refractivity contribution in [2.75, 3.05) is 6.54 Å². The maximum absolute atomic E-state index is 9.64. The third-order valence-electron chi connectivity index (χ3n) is 3.54. The fraction of sp³-hybridized carbons (Fsp3) is 0.625. The zero-order valence-electron chi connectivity index (χ0n) is 11.9. The molecule has 2 unspecified atom stereocenters. The van der Waals surface area contributed by atoms with Gasteiger partial charge in [0.25, 0.3) is 0 Å². The van der Waals surface area contributed by atoms with Gasteiger partial charge in [0.15, 0.2) is 0 Å². The van der Waals surface area contributed by atoms with Gasteiger partial charge in [-0.1, -0.05) is 44.2 Å². The van der Waals surface area contributed by atoms with E-state index in [1.54, 1.807) is 0 Å². The molecule has 2 heteroatoms. The first-order valence-electron chi connectivity index (χ1n) is 7.13. The van der Waals surface area contributed by atoms with Gasteiger partial charge < -0.3 is 10.4 Å². The minimum Gasteiger partial charge on any atom is -0.393 e. The minimum atomic E-state index is -0.251. The van der Waals surface area contributed by atoms with E-state index in [4.69, 9.17) is 0 Å². The summed E-state index contributed by atoms with van der Waals surface area (Å²) in [5, 5.41) is 13.2. The third kappa shape index (κ3) is 5.19. The third-order valence-corrected chi connectivity index (χ3v) is 3.54. The standard InChI is InChI=1S/C16H27NO/c1-4-16(5-2)17-12-15(11-13(3)18)14-9-7-6-8-10-14/h6-10,13,15-18H,4-5,11-12H2,1-3H3. The molecule has 0 aromatic heterocycles. The van der Waals surface area contributed by atoms with Crippen molar-refractivity contribution in [3.63, 3.8) is 0 Å². The lowest BCUT2D eigenvalue weighted by atomic mass is 9.93. The highest BCUT2D eigenvalue weighted by Crippen LogP contribution is 2.20. The number of hydrogen-bond acceptors (Lipinski definition) is 2. The van der Waals surface area contributed by atoms with E-state index in [1.165, 1.54) is 5.56 Å². The summed E-state index contributed by atoms with van der Waals surface area (Å²) in [6.45, 7) is 7.25. The van der Waals surface area contributed by atoms with Crippen molar-refractivity contribution >= 4 is 0 Å². The van der Waals surface area contributed by atoms with Crippen molar-refractivity contribution in [3.8, 4) is 0 Å². The van der Waals surface area contributed by atoms with E-state index in [1.807, 2.05) is 13.0 Å². The van der Waals surface area contributed by atoms with Crippen LogP contribution in [0.25, 0.3) is 0 Å². The Hall–Kier alpha value is -0.860. The molecule has 2 N–H and O–H groups in total. The van der Waals surface area contributed by atoms with E-state index in [9.17, 15) is 5.11 Å². The number of benzene rings is 1. The van der Waals surface area contributed by atoms with Crippen LogP contribution < -0.4 is 5.32 Å². The van der Waals surface area contributed by atoms with Gasteiger partial charge in [-0.3, -0.25) is 0 Å². The average molecular weight is 249 g/mol. The predicted octanol–water partition coefficient (Wildman–Crippen LogP) is 3.32. The number of aliphatic hydroxyl groups excluding tert-OH is 1. The summed E-state index contributed by atoms with van der Waals surface area (Å²) in [6, 6.07) is 11.1. The molecule has 0 aliphatic heterocycles. The molecule has 0 saturated carbocycles. The van der Waals surface area contributed by atoms with Gasteiger partial charge >= 0.3 is 0 Å². The first kappa shape index (κ1) is 15.2. The van der Waals surface area contributed by atoms with Gasteiger partial charge in [-0.25, -0.2) is 0 Å². The Morgan fingerprint density at radius 2 is 1.72 bits per heavy atom. The smallest absolute Gasteiger partial charge is 0.0518 e. The summed E-state index contributed by atoms with van der Waals surface area (Å²) in [4.78, 5) is 0. The Balaban J connectivity index is 2.62. The van der Waals surface area contributed by atoms with E-state index in [2.05, 4.69) is 43.4 Å². The van der Waals surface area contributed by atoms with Crippen molar-refractivity contribution in [2.45, 2.75) is 58.1 Å². The van der Waals surface area contributed by atoms with Gasteiger partial charge in [0.05, 0.1) is 6.10 Å². The van der Waals surface area contributed by atoms with Crippen molar-refractivity contribution in [3.05, 3.63) is 35.9 Å². The molecule has 0 bridgehead atoms. The lowest BCUT2D eigenvalue weighted by molar-refractivity contribution is 0.172. The van der Waals surface area contributed by atoms with Crippen molar-refractivity contribution < 1.29 is 5.11 Å². The molecule has 2 atom stereocenters. The van der Waals surface area contributed by atoms with E-state index in [0.29, 0.717) is 12.0 Å². The molecule has 0 aliphatic rings. The maximum atomic E-state index is 9.64. The molecule has 0 aliphatic carbocycles. The molecule has 0 saturated heterocycles. The van der Waals surface area contributed by atoms with Crippen LogP contribution in [-0.4, -0.2) is 23.8 Å². The van der Waals surface area contributed by atoms with Crippen LogP contribution in [0.3, 0.4) is 0 Å². The molecule has 1 aromatic rings. The fourth-order valence-electron chi connectivity index (χ4n) is 2.36. The predicted molar refractivity (Wildman–Crippen MR) is 77.9 cm³/mol. The molecule has 2 nitrogen and oxygen atoms in total. The molecular formula is C16H27NO. The second-order valence-electron chi connectivity index (χ2n) is 5.11. The summed E-state index contributed by atoms with van der Waals surface area (Å²) < 4.78 is 0. The Morgan fingerprint density at radius 1 is 1.11 bits per heavy atom. The number of nitrogens with one attached hydrogen (secondary N) is 1. The Labute approximate surface area is 111 Å². The molecule has 0 amide bonds. The quantitative estimate of drug-likeness (QED) is 0.741. The Morgan fingerprint density at radius 3 is 2.22 bits per heavy atom. The number of aliphatic hydroxyl groups is 1. The molecular weight excluding hydrogens is 222 g/mol. The summed E-state index contributed by atoms with van der Waals surface area (Å²) in [6.07, 6.45) is 2.88. The lowest BCUT2D eigenvalue weighted by Crippen LogP contribution is -2.32. The van der Waals surface area contributed by atoms with Gasteiger partial charge in [0.2, 0.25) is 0 Å². The molecule has 18 heavy (non-hydrogen) atoms. The second-order valence-corrected chi connectivity index (χ2v) is 5.11. The zero-order valence-corrected chi connectivity index (χ0v) is 11.9. The van der Waals surface area contributed by atoms with E-state index in [-0.39, 0.29) is 6.10 Å². The summed E-state index contributed by atoms with van der Waals surface area (Å²) in [7, 11) is 0. The van der Waals surface area contributed by atoms with Crippen molar-refractivity contribution in [1.29, 1.82) is 0 Å². The molecule has 1 aromatic carbocycles. The van der Waals surface area contributed by atoms with Crippen molar-refractivity contribution in [1.82, 2.24) is 5.32 Å². The topological polar surface area (TPSA) is 32.3 Å². The van der Waals surface area contributed by atoms with Crippen LogP contribution in [0.1, 0.15) is 51.5 Å². The van der Waals surface area contributed by atoms with Crippen LogP contribution in [0.15, 0.2) is 30.3 Å². The first-order valence-corrected chi connectivity index (χ1v) is 7.13. The normalized spacial score (nSPS) is 14.7. The second kappa shape index (κ2) is 8.28. The number of rotatable bonds is 8. The number of hydrogen-bond donors (Lipinski definition) is 2. The van der Waals surface area contributed by atoms with Crippen LogP contribution in [-0.2, 0) is 0 Å². The molecule has 102 valence electrons. The summed E-state index contributed by atoms with van der Waals surface area (Å²) in [5.41, 5.74) is 1.32. The molecule has 0 heterocycles. The molecule has 0 spiro atoms. The zero-order chi connectivity index (χ0) is 13.4. The molecule has 0 radical (unpaired) electrons. The lowest BCUT2D eigenvalue weighted by Gasteiger charge is -2.23. The van der Waals surface area contributed by atoms with Crippen molar-refractivity contribution in [2.24, 2.45) is 0 Å². The van der Waals surface area contributed by atoms with Gasteiger partial charge in [-0.05, 0) is 37.7 Å². The Bertz CT molecular complexity index is 306. The maximum Gasteiger partial charge on any atom is 0.0518 e. The van der Waals surface area contributed by atoms with Crippen LogP contribution in [0.5, 0.6) is 0 Å². The summed E-state index contributed by atoms with van der Waals surface area (Å²) >= 11 is 0. The van der Waals surface area contributed by atoms with Crippen LogP contribution >= 0.6 is 0 Å². The first-order chi connectivity index (χ1) is 8.67. The van der Waals surface area contributed by atoms with Crippen LogP contribution in [0.4, 0.5) is 0 Å². The van der Waals surface area contributed by atoms with Gasteiger partial charge in [-0.2, -0.15) is 0 Å². The highest BCUT2D eigenvalue weighted by atomic mass is 16.3. The highest BCUT2D eigenvalue weighted by Gasteiger charge is 2.15. The van der Waals surface area contributed by atoms with Crippen LogP contribution in [0.2, 0.25) is 0 Å². The van der Waals surface area contributed by atoms with Gasteiger partial charge in [0.1, 0.15) is 0 Å². The van der Waals surface area contributed by atoms with Gasteiger partial charge in [-0.15, -0.1) is 0 Å². The average Bonchev–Trinajstić information content (AvgIpc) is 2.39. The molecule has 1 rings (SSSR count). The largest absolute Gasteiger partial charge is 0.393 e.